The molecule has 1 rings (SSSR count). The molecule has 0 fully saturated rings. The van der Waals surface area contributed by atoms with Gasteiger partial charge >= 0.3 is 0 Å². The minimum absolute atomic E-state index is 0.0187. The van der Waals surface area contributed by atoms with Crippen LogP contribution >= 0.6 is 0 Å². The summed E-state index contributed by atoms with van der Waals surface area (Å²) in [5, 5.41) is 0. The molecular weight excluding hydrogens is 212 g/mol. The van der Waals surface area contributed by atoms with Gasteiger partial charge in [0.05, 0.1) is 0 Å². The van der Waals surface area contributed by atoms with Gasteiger partial charge in [-0.3, -0.25) is 4.79 Å². The van der Waals surface area contributed by atoms with E-state index in [1.165, 1.54) is 0 Å². The molecule has 0 aromatic heterocycles. The van der Waals surface area contributed by atoms with E-state index in [0.717, 1.165) is 5.56 Å². The third kappa shape index (κ3) is 4.15. The van der Waals surface area contributed by atoms with Crippen molar-refractivity contribution >= 4 is 17.7 Å². The quantitative estimate of drug-likeness (QED) is 0.479. The summed E-state index contributed by atoms with van der Waals surface area (Å²) >= 11 is 0. The van der Waals surface area contributed by atoms with E-state index < -0.39 is 0 Å². The monoisotopic (exact) mass is 230 g/mol. The molecule has 0 heterocycles. The van der Waals surface area contributed by atoms with Crippen molar-refractivity contribution in [2.75, 3.05) is 18.8 Å². The molecule has 0 aliphatic carbocycles. The first-order chi connectivity index (χ1) is 8.17. The number of rotatable bonds is 5. The number of carbonyl (C=O) groups excluding carboxylic acids is 1. The van der Waals surface area contributed by atoms with Gasteiger partial charge in [0.1, 0.15) is 0 Å². The van der Waals surface area contributed by atoms with Crippen LogP contribution in [0, 0.1) is 0 Å². The Labute approximate surface area is 102 Å². The summed E-state index contributed by atoms with van der Waals surface area (Å²) in [6.45, 7) is 6.81. The Morgan fingerprint density at radius 2 is 2.29 bits per heavy atom. The molecule has 90 valence electrons. The topological polar surface area (TPSA) is 46.3 Å². The van der Waals surface area contributed by atoms with Crippen LogP contribution in [-0.4, -0.2) is 23.9 Å². The number of benzene rings is 1. The molecule has 3 heteroatoms. The molecule has 17 heavy (non-hydrogen) atoms. The van der Waals surface area contributed by atoms with Crippen LogP contribution in [0.25, 0.3) is 6.08 Å². The van der Waals surface area contributed by atoms with E-state index in [1.807, 2.05) is 31.2 Å². The summed E-state index contributed by atoms with van der Waals surface area (Å²) in [6.07, 6.45) is 5.04. The lowest BCUT2D eigenvalue weighted by molar-refractivity contribution is -0.125. The number of anilines is 1. The third-order valence-electron chi connectivity index (χ3n) is 2.37. The van der Waals surface area contributed by atoms with Crippen molar-refractivity contribution in [3.05, 3.63) is 48.6 Å². The van der Waals surface area contributed by atoms with Crippen LogP contribution in [0.1, 0.15) is 12.5 Å². The average Bonchev–Trinajstić information content (AvgIpc) is 2.33. The number of hydrogen-bond donors (Lipinski definition) is 1. The van der Waals surface area contributed by atoms with Crippen LogP contribution in [-0.2, 0) is 4.79 Å². The molecule has 0 aliphatic heterocycles. The zero-order chi connectivity index (χ0) is 12.7. The second-order valence-corrected chi connectivity index (χ2v) is 3.67. The minimum Gasteiger partial charge on any atom is -0.399 e. The maximum atomic E-state index is 11.8. The average molecular weight is 230 g/mol. The minimum atomic E-state index is -0.0187. The molecule has 0 bridgehead atoms. The second-order valence-electron chi connectivity index (χ2n) is 3.67. The van der Waals surface area contributed by atoms with Gasteiger partial charge in [-0.25, -0.2) is 0 Å². The number of nitrogens with zero attached hydrogens (tertiary/aromatic N) is 1. The first kappa shape index (κ1) is 13.0. The van der Waals surface area contributed by atoms with Crippen molar-refractivity contribution in [2.45, 2.75) is 6.92 Å². The first-order valence-electron chi connectivity index (χ1n) is 5.60. The Kier molecular flexibility index (Phi) is 5.01. The highest BCUT2D eigenvalue weighted by Gasteiger charge is 2.04. The van der Waals surface area contributed by atoms with Gasteiger partial charge in [-0.1, -0.05) is 18.2 Å². The summed E-state index contributed by atoms with van der Waals surface area (Å²) in [4.78, 5) is 13.5. The van der Waals surface area contributed by atoms with Crippen molar-refractivity contribution in [3.63, 3.8) is 0 Å². The number of nitrogen functional groups attached to an aromatic ring is 1. The molecule has 3 nitrogen and oxygen atoms in total. The lowest BCUT2D eigenvalue weighted by Crippen LogP contribution is -2.29. The van der Waals surface area contributed by atoms with E-state index in [2.05, 4.69) is 6.58 Å². The van der Waals surface area contributed by atoms with E-state index in [4.69, 9.17) is 5.73 Å². The van der Waals surface area contributed by atoms with Crippen molar-refractivity contribution in [2.24, 2.45) is 0 Å². The fourth-order valence-electron chi connectivity index (χ4n) is 1.47. The standard InChI is InChI=1S/C14H18N2O/c1-3-10-16(4-2)14(17)9-8-12-6-5-7-13(15)11-12/h3,5-9,11H,1,4,10,15H2,2H3/b9-8+. The van der Waals surface area contributed by atoms with Crippen LogP contribution in [0.4, 0.5) is 5.69 Å². The fourth-order valence-corrected chi connectivity index (χ4v) is 1.47. The highest BCUT2D eigenvalue weighted by atomic mass is 16.2. The van der Waals surface area contributed by atoms with Gasteiger partial charge in [0.25, 0.3) is 0 Å². The molecule has 0 unspecified atom stereocenters. The smallest absolute Gasteiger partial charge is 0.246 e. The predicted octanol–water partition coefficient (Wildman–Crippen LogP) is 2.32. The Morgan fingerprint density at radius 3 is 2.88 bits per heavy atom. The van der Waals surface area contributed by atoms with Gasteiger partial charge in [0, 0.05) is 24.9 Å². The number of hydrogen-bond acceptors (Lipinski definition) is 2. The summed E-state index contributed by atoms with van der Waals surface area (Å²) in [5.74, 6) is -0.0187. The molecule has 0 spiro atoms. The SMILES string of the molecule is C=CCN(CC)C(=O)/C=C/c1cccc(N)c1. The van der Waals surface area contributed by atoms with E-state index in [0.29, 0.717) is 18.8 Å². The Hall–Kier alpha value is -2.03. The van der Waals surface area contributed by atoms with Crippen molar-refractivity contribution < 1.29 is 4.79 Å². The van der Waals surface area contributed by atoms with E-state index in [1.54, 1.807) is 23.1 Å². The lowest BCUT2D eigenvalue weighted by Gasteiger charge is -2.16. The van der Waals surface area contributed by atoms with Gasteiger partial charge in [-0.2, -0.15) is 0 Å². The van der Waals surface area contributed by atoms with Gasteiger partial charge in [-0.15, -0.1) is 6.58 Å². The molecule has 0 saturated heterocycles. The summed E-state index contributed by atoms with van der Waals surface area (Å²) in [5.41, 5.74) is 7.27. The van der Waals surface area contributed by atoms with Crippen LogP contribution in [0.2, 0.25) is 0 Å². The zero-order valence-corrected chi connectivity index (χ0v) is 10.1. The first-order valence-corrected chi connectivity index (χ1v) is 5.60. The lowest BCUT2D eigenvalue weighted by atomic mass is 10.2. The molecule has 0 aliphatic rings. The van der Waals surface area contributed by atoms with Gasteiger partial charge in [-0.05, 0) is 30.7 Å². The van der Waals surface area contributed by atoms with Gasteiger partial charge < -0.3 is 10.6 Å². The van der Waals surface area contributed by atoms with Crippen LogP contribution in [0.3, 0.4) is 0 Å². The summed E-state index contributed by atoms with van der Waals surface area (Å²) < 4.78 is 0. The highest BCUT2D eigenvalue weighted by molar-refractivity contribution is 5.91. The molecule has 2 N–H and O–H groups in total. The Morgan fingerprint density at radius 1 is 1.53 bits per heavy atom. The number of likely N-dealkylation sites (N-methyl/N-ethyl adjacent to an activating group) is 1. The van der Waals surface area contributed by atoms with Crippen LogP contribution in [0.5, 0.6) is 0 Å². The Bertz CT molecular complexity index is 424. The fraction of sp³-hybridized carbons (Fsp3) is 0.214. The van der Waals surface area contributed by atoms with Gasteiger partial charge in [0.2, 0.25) is 5.91 Å². The molecular formula is C14H18N2O. The maximum absolute atomic E-state index is 11.8. The molecule has 1 amide bonds. The van der Waals surface area contributed by atoms with E-state index >= 15 is 0 Å². The van der Waals surface area contributed by atoms with E-state index in [-0.39, 0.29) is 5.91 Å². The molecule has 0 saturated carbocycles. The van der Waals surface area contributed by atoms with Crippen molar-refractivity contribution in [1.82, 2.24) is 4.90 Å². The Balaban J connectivity index is 2.70. The number of nitrogens with two attached hydrogens (primary N) is 1. The second kappa shape index (κ2) is 6.53. The third-order valence-corrected chi connectivity index (χ3v) is 2.37. The largest absolute Gasteiger partial charge is 0.399 e. The number of amides is 1. The predicted molar refractivity (Wildman–Crippen MR) is 72.3 cm³/mol. The van der Waals surface area contributed by atoms with Crippen molar-refractivity contribution in [3.8, 4) is 0 Å². The normalized spacial score (nSPS) is 10.4. The molecule has 0 radical (unpaired) electrons. The molecule has 0 atom stereocenters. The van der Waals surface area contributed by atoms with Crippen molar-refractivity contribution in [1.29, 1.82) is 0 Å². The van der Waals surface area contributed by atoms with Gasteiger partial charge in [0.15, 0.2) is 0 Å². The van der Waals surface area contributed by atoms with E-state index in [9.17, 15) is 4.79 Å². The van der Waals surface area contributed by atoms with Crippen LogP contribution < -0.4 is 5.73 Å². The molecule has 1 aromatic rings. The van der Waals surface area contributed by atoms with Crippen LogP contribution in [0.15, 0.2) is 43.0 Å². The zero-order valence-electron chi connectivity index (χ0n) is 10.1. The number of carbonyl (C=O) groups is 1. The molecule has 1 aromatic carbocycles. The summed E-state index contributed by atoms with van der Waals surface area (Å²) in [6, 6.07) is 7.41. The maximum Gasteiger partial charge on any atom is 0.246 e. The summed E-state index contributed by atoms with van der Waals surface area (Å²) in [7, 11) is 0. The highest BCUT2D eigenvalue weighted by Crippen LogP contribution is 2.08.